The van der Waals surface area contributed by atoms with Crippen molar-refractivity contribution in [1.29, 1.82) is 0 Å². The molecule has 1 amide bonds. The van der Waals surface area contributed by atoms with E-state index in [1.165, 1.54) is 0 Å². The molecule has 0 N–H and O–H groups in total. The van der Waals surface area contributed by atoms with Crippen LogP contribution in [0.4, 0.5) is 13.2 Å². The van der Waals surface area contributed by atoms with E-state index in [2.05, 4.69) is 14.6 Å². The van der Waals surface area contributed by atoms with E-state index in [1.807, 2.05) is 47.5 Å². The van der Waals surface area contributed by atoms with Crippen LogP contribution in [-0.2, 0) is 10.5 Å². The minimum atomic E-state index is -4.28. The summed E-state index contributed by atoms with van der Waals surface area (Å²) in [5, 5.41) is 0. The fraction of sp³-hybridized carbons (Fsp3) is 0.455. The molecule has 9 heteroatoms. The highest BCUT2D eigenvalue weighted by molar-refractivity contribution is 7.98. The summed E-state index contributed by atoms with van der Waals surface area (Å²) >= 11 is 1.70. The molecule has 3 rings (SSSR count). The monoisotopic (exact) mass is 453 g/mol. The number of aromatic nitrogens is 1. The second-order valence-corrected chi connectivity index (χ2v) is 8.38. The van der Waals surface area contributed by atoms with Gasteiger partial charge in [0.2, 0.25) is 0 Å². The number of hydrogen-bond acceptors (Lipinski definition) is 5. The molecule has 2 heterocycles. The Morgan fingerprint density at radius 3 is 2.48 bits per heavy atom. The van der Waals surface area contributed by atoms with Gasteiger partial charge in [-0.05, 0) is 42.3 Å². The average molecular weight is 454 g/mol. The van der Waals surface area contributed by atoms with Gasteiger partial charge in [-0.3, -0.25) is 14.7 Å². The predicted octanol–water partition coefficient (Wildman–Crippen LogP) is 4.10. The van der Waals surface area contributed by atoms with Crippen LogP contribution in [0, 0.1) is 0 Å². The van der Waals surface area contributed by atoms with Crippen molar-refractivity contribution >= 4 is 17.7 Å². The van der Waals surface area contributed by atoms with Crippen molar-refractivity contribution in [2.45, 2.75) is 23.2 Å². The summed E-state index contributed by atoms with van der Waals surface area (Å²) < 4.78 is 40.8. The van der Waals surface area contributed by atoms with Crippen LogP contribution in [0.1, 0.15) is 22.3 Å². The standard InChI is InChI=1S/C22H26F3N3O2S/c23-22(24,25)17-30-14-2-9-27-10-12-28(13-11-27)21(29)19-4-6-20(7-5-19)31-16-18-3-1-8-26-15-18/h1,3-8,15H,2,9-14,16-17H2. The van der Waals surface area contributed by atoms with Crippen LogP contribution in [0.5, 0.6) is 0 Å². The lowest BCUT2D eigenvalue weighted by molar-refractivity contribution is -0.174. The van der Waals surface area contributed by atoms with Gasteiger partial charge >= 0.3 is 6.18 Å². The fourth-order valence-corrected chi connectivity index (χ4v) is 4.11. The van der Waals surface area contributed by atoms with E-state index in [1.54, 1.807) is 18.0 Å². The maximum absolute atomic E-state index is 12.8. The van der Waals surface area contributed by atoms with E-state index in [4.69, 9.17) is 0 Å². The van der Waals surface area contributed by atoms with E-state index in [9.17, 15) is 18.0 Å². The molecule has 0 bridgehead atoms. The molecule has 0 atom stereocenters. The van der Waals surface area contributed by atoms with Gasteiger partial charge in [0, 0.05) is 67.9 Å². The molecule has 0 radical (unpaired) electrons. The second-order valence-electron chi connectivity index (χ2n) is 7.33. The number of nitrogens with zero attached hydrogens (tertiary/aromatic N) is 3. The quantitative estimate of drug-likeness (QED) is 0.423. The highest BCUT2D eigenvalue weighted by atomic mass is 32.2. The third-order valence-electron chi connectivity index (χ3n) is 4.92. The fourth-order valence-electron chi connectivity index (χ4n) is 3.28. The molecule has 1 aliphatic heterocycles. The van der Waals surface area contributed by atoms with Crippen LogP contribution >= 0.6 is 11.8 Å². The molecular weight excluding hydrogens is 427 g/mol. The van der Waals surface area contributed by atoms with Crippen molar-refractivity contribution in [3.8, 4) is 0 Å². The molecular formula is C22H26F3N3O2S. The number of carbonyl (C=O) groups excluding carboxylic acids is 1. The normalized spacial score (nSPS) is 15.3. The van der Waals surface area contributed by atoms with Gasteiger partial charge in [0.15, 0.2) is 0 Å². The number of amides is 1. The smallest absolute Gasteiger partial charge is 0.372 e. The number of carbonyl (C=O) groups is 1. The summed E-state index contributed by atoms with van der Waals surface area (Å²) in [4.78, 5) is 21.9. The van der Waals surface area contributed by atoms with Crippen molar-refractivity contribution in [2.24, 2.45) is 0 Å². The Balaban J connectivity index is 1.37. The molecule has 0 saturated carbocycles. The van der Waals surface area contributed by atoms with Crippen LogP contribution in [-0.4, -0.2) is 72.8 Å². The Labute approximate surface area is 184 Å². The second kappa shape index (κ2) is 11.5. The lowest BCUT2D eigenvalue weighted by Crippen LogP contribution is -2.49. The zero-order valence-electron chi connectivity index (χ0n) is 17.2. The number of ether oxygens (including phenoxy) is 1. The molecule has 0 spiro atoms. The van der Waals surface area contributed by atoms with E-state index in [0.717, 1.165) is 16.2 Å². The Hall–Kier alpha value is -2.10. The van der Waals surface area contributed by atoms with Crippen LogP contribution in [0.25, 0.3) is 0 Å². The predicted molar refractivity (Wildman–Crippen MR) is 114 cm³/mol. The SMILES string of the molecule is O=C(c1ccc(SCc2cccnc2)cc1)N1CCN(CCCOCC(F)(F)F)CC1. The number of thioether (sulfide) groups is 1. The van der Waals surface area contributed by atoms with Crippen molar-refractivity contribution in [3.05, 3.63) is 59.9 Å². The van der Waals surface area contributed by atoms with Crippen LogP contribution in [0.2, 0.25) is 0 Å². The minimum Gasteiger partial charge on any atom is -0.372 e. The molecule has 31 heavy (non-hydrogen) atoms. The average Bonchev–Trinajstić information content (AvgIpc) is 2.78. The van der Waals surface area contributed by atoms with Gasteiger partial charge < -0.3 is 9.64 Å². The maximum Gasteiger partial charge on any atom is 0.411 e. The lowest BCUT2D eigenvalue weighted by atomic mass is 10.2. The van der Waals surface area contributed by atoms with Crippen molar-refractivity contribution in [1.82, 2.24) is 14.8 Å². The number of rotatable bonds is 9. The van der Waals surface area contributed by atoms with Crippen LogP contribution < -0.4 is 0 Å². The highest BCUT2D eigenvalue weighted by Crippen LogP contribution is 2.23. The molecule has 1 aromatic heterocycles. The van der Waals surface area contributed by atoms with Crippen LogP contribution in [0.15, 0.2) is 53.7 Å². The van der Waals surface area contributed by atoms with E-state index < -0.39 is 12.8 Å². The zero-order valence-corrected chi connectivity index (χ0v) is 18.0. The molecule has 168 valence electrons. The molecule has 1 saturated heterocycles. The van der Waals surface area contributed by atoms with Gasteiger partial charge in [0.05, 0.1) is 0 Å². The summed E-state index contributed by atoms with van der Waals surface area (Å²) in [6, 6.07) is 11.6. The number of pyridine rings is 1. The van der Waals surface area contributed by atoms with E-state index >= 15 is 0 Å². The Morgan fingerprint density at radius 1 is 1.10 bits per heavy atom. The Bertz CT molecular complexity index is 811. The summed E-state index contributed by atoms with van der Waals surface area (Å²) in [5.41, 5.74) is 1.82. The number of alkyl halides is 3. The van der Waals surface area contributed by atoms with Crippen molar-refractivity contribution < 1.29 is 22.7 Å². The topological polar surface area (TPSA) is 45.7 Å². The summed E-state index contributed by atoms with van der Waals surface area (Å²) in [5.74, 6) is 0.835. The molecule has 2 aromatic rings. The first-order valence-electron chi connectivity index (χ1n) is 10.2. The zero-order chi connectivity index (χ0) is 22.1. The highest BCUT2D eigenvalue weighted by Gasteiger charge is 2.27. The van der Waals surface area contributed by atoms with Gasteiger partial charge in [-0.25, -0.2) is 0 Å². The third kappa shape index (κ3) is 8.16. The first-order chi connectivity index (χ1) is 14.9. The maximum atomic E-state index is 12.8. The van der Waals surface area contributed by atoms with Gasteiger partial charge in [-0.1, -0.05) is 6.07 Å². The van der Waals surface area contributed by atoms with Gasteiger partial charge in [0.1, 0.15) is 6.61 Å². The largest absolute Gasteiger partial charge is 0.411 e. The molecule has 1 fully saturated rings. The number of benzene rings is 1. The van der Waals surface area contributed by atoms with Gasteiger partial charge in [-0.15, -0.1) is 11.8 Å². The first kappa shape index (κ1) is 23.6. The van der Waals surface area contributed by atoms with Crippen molar-refractivity contribution in [2.75, 3.05) is 45.9 Å². The Morgan fingerprint density at radius 2 is 1.84 bits per heavy atom. The number of piperazine rings is 1. The minimum absolute atomic E-state index is 0.0111. The first-order valence-corrected chi connectivity index (χ1v) is 11.2. The molecule has 0 unspecified atom stereocenters. The third-order valence-corrected chi connectivity index (χ3v) is 6.00. The molecule has 5 nitrogen and oxygen atoms in total. The van der Waals surface area contributed by atoms with Gasteiger partial charge in [-0.2, -0.15) is 13.2 Å². The lowest BCUT2D eigenvalue weighted by Gasteiger charge is -2.34. The summed E-state index contributed by atoms with van der Waals surface area (Å²) in [6.45, 7) is 2.20. The summed E-state index contributed by atoms with van der Waals surface area (Å²) in [6.07, 6.45) is -0.133. The molecule has 1 aromatic carbocycles. The molecule has 1 aliphatic rings. The van der Waals surface area contributed by atoms with Crippen LogP contribution in [0.3, 0.4) is 0 Å². The van der Waals surface area contributed by atoms with Crippen molar-refractivity contribution in [3.63, 3.8) is 0 Å². The summed E-state index contributed by atoms with van der Waals surface area (Å²) in [7, 11) is 0. The van der Waals surface area contributed by atoms with Gasteiger partial charge in [0.25, 0.3) is 5.91 Å². The Kier molecular flexibility index (Phi) is 8.74. The number of halogens is 3. The van der Waals surface area contributed by atoms with E-state index in [-0.39, 0.29) is 12.5 Å². The molecule has 0 aliphatic carbocycles. The van der Waals surface area contributed by atoms with E-state index in [0.29, 0.717) is 44.7 Å². The number of hydrogen-bond donors (Lipinski definition) is 0.